The second kappa shape index (κ2) is 12.1. The van der Waals surface area contributed by atoms with Gasteiger partial charge < -0.3 is 5.11 Å². The summed E-state index contributed by atoms with van der Waals surface area (Å²) in [7, 11) is 0. The molecule has 0 aromatic carbocycles. The Morgan fingerprint density at radius 2 is 1.91 bits per heavy atom. The molecular formula is C20H32O3. The molecule has 1 unspecified atom stereocenters. The molecule has 0 bridgehead atoms. The lowest BCUT2D eigenvalue weighted by atomic mass is 9.91. The molecule has 1 fully saturated rings. The standard InChI is InChI=1S/C20H32O3/c1-2-3-4-5-6-9-12-17-15-16-19(21)18(17)13-10-7-8-11-14-20(22)23/h7,9-10,12,17-18H,2-6,8,11,13-16H2,1H3,(H,22,23)/b10-7-,12-9+/t17-,18?/m0/s1. The highest BCUT2D eigenvalue weighted by Gasteiger charge is 2.31. The van der Waals surface area contributed by atoms with E-state index in [9.17, 15) is 9.59 Å². The zero-order valence-corrected chi connectivity index (χ0v) is 14.5. The molecule has 0 spiro atoms. The van der Waals surface area contributed by atoms with Gasteiger partial charge in [0.1, 0.15) is 5.78 Å². The van der Waals surface area contributed by atoms with Gasteiger partial charge in [0.25, 0.3) is 0 Å². The summed E-state index contributed by atoms with van der Waals surface area (Å²) in [5.41, 5.74) is 0. The maximum Gasteiger partial charge on any atom is 0.303 e. The highest BCUT2D eigenvalue weighted by Crippen LogP contribution is 2.32. The predicted octanol–water partition coefficient (Wildman–Crippen LogP) is 5.31. The summed E-state index contributed by atoms with van der Waals surface area (Å²) in [6.07, 6.45) is 19.1. The Hall–Kier alpha value is -1.38. The van der Waals surface area contributed by atoms with Crippen molar-refractivity contribution in [2.24, 2.45) is 11.8 Å². The van der Waals surface area contributed by atoms with Gasteiger partial charge in [-0.1, -0.05) is 50.5 Å². The number of hydrogen-bond donors (Lipinski definition) is 1. The molecule has 1 aliphatic carbocycles. The van der Waals surface area contributed by atoms with Gasteiger partial charge in [-0.05, 0) is 44.4 Å². The average molecular weight is 320 g/mol. The van der Waals surface area contributed by atoms with Crippen LogP contribution in [0.15, 0.2) is 24.3 Å². The lowest BCUT2D eigenvalue weighted by molar-refractivity contribution is -0.137. The third-order valence-corrected chi connectivity index (χ3v) is 4.58. The minimum atomic E-state index is -0.742. The van der Waals surface area contributed by atoms with Crippen LogP contribution in [0.2, 0.25) is 0 Å². The van der Waals surface area contributed by atoms with E-state index < -0.39 is 5.97 Å². The van der Waals surface area contributed by atoms with E-state index in [1.807, 2.05) is 6.08 Å². The second-order valence-corrected chi connectivity index (χ2v) is 6.55. The zero-order valence-electron chi connectivity index (χ0n) is 14.5. The minimum absolute atomic E-state index is 0.137. The highest BCUT2D eigenvalue weighted by atomic mass is 16.4. The molecule has 1 saturated carbocycles. The van der Waals surface area contributed by atoms with Gasteiger partial charge in [-0.25, -0.2) is 0 Å². The highest BCUT2D eigenvalue weighted by molar-refractivity contribution is 5.83. The van der Waals surface area contributed by atoms with Crippen LogP contribution in [-0.2, 0) is 9.59 Å². The van der Waals surface area contributed by atoms with Crippen LogP contribution in [-0.4, -0.2) is 16.9 Å². The van der Waals surface area contributed by atoms with Crippen molar-refractivity contribution in [2.75, 3.05) is 0 Å². The number of rotatable bonds is 12. The van der Waals surface area contributed by atoms with Gasteiger partial charge in [-0.3, -0.25) is 9.59 Å². The van der Waals surface area contributed by atoms with Crippen LogP contribution in [0.25, 0.3) is 0 Å². The number of hydrogen-bond acceptors (Lipinski definition) is 2. The fourth-order valence-corrected chi connectivity index (χ4v) is 3.16. The molecule has 1 N–H and O–H groups in total. The average Bonchev–Trinajstić information content (AvgIpc) is 2.86. The number of ketones is 1. The first-order valence-corrected chi connectivity index (χ1v) is 9.21. The van der Waals surface area contributed by atoms with Crippen molar-refractivity contribution >= 4 is 11.8 Å². The van der Waals surface area contributed by atoms with E-state index in [1.165, 1.54) is 25.7 Å². The summed E-state index contributed by atoms with van der Waals surface area (Å²) in [5, 5.41) is 8.59. The fraction of sp³-hybridized carbons (Fsp3) is 0.700. The summed E-state index contributed by atoms with van der Waals surface area (Å²) < 4.78 is 0. The summed E-state index contributed by atoms with van der Waals surface area (Å²) in [5.74, 6) is 0.185. The number of carbonyl (C=O) groups excluding carboxylic acids is 1. The fourth-order valence-electron chi connectivity index (χ4n) is 3.16. The van der Waals surface area contributed by atoms with Crippen molar-refractivity contribution in [3.8, 4) is 0 Å². The second-order valence-electron chi connectivity index (χ2n) is 6.55. The van der Waals surface area contributed by atoms with Crippen LogP contribution in [0.3, 0.4) is 0 Å². The number of Topliss-reactive ketones (excluding diaryl/α,β-unsaturated/α-hetero) is 1. The first kappa shape index (κ1) is 19.7. The van der Waals surface area contributed by atoms with Gasteiger partial charge in [0.2, 0.25) is 0 Å². The van der Waals surface area contributed by atoms with E-state index in [0.717, 1.165) is 25.7 Å². The maximum absolute atomic E-state index is 12.0. The van der Waals surface area contributed by atoms with Gasteiger partial charge in [0.15, 0.2) is 0 Å². The number of allylic oxidation sites excluding steroid dienone is 4. The van der Waals surface area contributed by atoms with Crippen molar-refractivity contribution in [3.63, 3.8) is 0 Å². The molecule has 0 aromatic heterocycles. The summed E-state index contributed by atoms with van der Waals surface area (Å²) in [4.78, 5) is 22.5. The molecule has 130 valence electrons. The van der Waals surface area contributed by atoms with Crippen LogP contribution in [0.4, 0.5) is 0 Å². The summed E-state index contributed by atoms with van der Waals surface area (Å²) in [6.45, 7) is 2.22. The molecule has 3 heteroatoms. The molecule has 0 radical (unpaired) electrons. The van der Waals surface area contributed by atoms with Crippen LogP contribution in [0, 0.1) is 11.8 Å². The largest absolute Gasteiger partial charge is 0.481 e. The Morgan fingerprint density at radius 3 is 2.65 bits per heavy atom. The number of unbranched alkanes of at least 4 members (excludes halogenated alkanes) is 5. The topological polar surface area (TPSA) is 54.4 Å². The third-order valence-electron chi connectivity index (χ3n) is 4.58. The van der Waals surface area contributed by atoms with E-state index in [0.29, 0.717) is 24.5 Å². The maximum atomic E-state index is 12.0. The van der Waals surface area contributed by atoms with Gasteiger partial charge in [0.05, 0.1) is 0 Å². The van der Waals surface area contributed by atoms with Crippen molar-refractivity contribution in [3.05, 3.63) is 24.3 Å². The monoisotopic (exact) mass is 320 g/mol. The first-order chi connectivity index (χ1) is 11.1. The van der Waals surface area contributed by atoms with Gasteiger partial charge >= 0.3 is 5.97 Å². The Labute approximate surface area is 140 Å². The molecule has 0 amide bonds. The Balaban J connectivity index is 2.27. The zero-order chi connectivity index (χ0) is 16.9. The van der Waals surface area contributed by atoms with Gasteiger partial charge in [0, 0.05) is 18.8 Å². The van der Waals surface area contributed by atoms with E-state index in [1.54, 1.807) is 0 Å². The predicted molar refractivity (Wildman–Crippen MR) is 94.4 cm³/mol. The Bertz CT molecular complexity index is 409. The van der Waals surface area contributed by atoms with E-state index in [-0.39, 0.29) is 12.3 Å². The molecule has 0 heterocycles. The molecule has 0 saturated heterocycles. The molecule has 23 heavy (non-hydrogen) atoms. The molecule has 1 rings (SSSR count). The van der Waals surface area contributed by atoms with E-state index in [2.05, 4.69) is 25.2 Å². The molecule has 2 atom stereocenters. The summed E-state index contributed by atoms with van der Waals surface area (Å²) >= 11 is 0. The van der Waals surface area contributed by atoms with Crippen LogP contribution in [0.1, 0.15) is 77.6 Å². The van der Waals surface area contributed by atoms with Crippen molar-refractivity contribution < 1.29 is 14.7 Å². The lowest BCUT2D eigenvalue weighted by Crippen LogP contribution is -2.12. The quantitative estimate of drug-likeness (QED) is 0.391. The third kappa shape index (κ3) is 8.73. The van der Waals surface area contributed by atoms with E-state index in [4.69, 9.17) is 5.11 Å². The summed E-state index contributed by atoms with van der Waals surface area (Å²) in [6, 6.07) is 0. The Morgan fingerprint density at radius 1 is 1.13 bits per heavy atom. The molecular weight excluding hydrogens is 288 g/mol. The number of aliphatic carboxylic acids is 1. The smallest absolute Gasteiger partial charge is 0.303 e. The molecule has 0 aromatic rings. The number of carboxylic acid groups (broad SMARTS) is 1. The minimum Gasteiger partial charge on any atom is -0.481 e. The van der Waals surface area contributed by atoms with Crippen LogP contribution in [0.5, 0.6) is 0 Å². The molecule has 0 aliphatic heterocycles. The lowest BCUT2D eigenvalue weighted by Gasteiger charge is -2.12. The van der Waals surface area contributed by atoms with Gasteiger partial charge in [-0.15, -0.1) is 0 Å². The Kier molecular flexibility index (Phi) is 10.3. The van der Waals surface area contributed by atoms with Crippen molar-refractivity contribution in [1.29, 1.82) is 0 Å². The van der Waals surface area contributed by atoms with Gasteiger partial charge in [-0.2, -0.15) is 0 Å². The number of carboxylic acids is 1. The normalized spacial score (nSPS) is 21.7. The van der Waals surface area contributed by atoms with Crippen molar-refractivity contribution in [1.82, 2.24) is 0 Å². The van der Waals surface area contributed by atoms with Crippen LogP contribution < -0.4 is 0 Å². The SMILES string of the molecule is CCCCCC/C=C/[C@H]1CCC(=O)C1C/C=C\CCCC(=O)O. The number of carbonyl (C=O) groups is 2. The van der Waals surface area contributed by atoms with E-state index >= 15 is 0 Å². The first-order valence-electron chi connectivity index (χ1n) is 9.21. The van der Waals surface area contributed by atoms with Crippen LogP contribution >= 0.6 is 0 Å². The molecule has 3 nitrogen and oxygen atoms in total. The molecule has 1 aliphatic rings. The van der Waals surface area contributed by atoms with Crippen molar-refractivity contribution in [2.45, 2.75) is 77.6 Å².